The lowest BCUT2D eigenvalue weighted by molar-refractivity contribution is -0.137. The maximum Gasteiger partial charge on any atom is 0.416 e. The van der Waals surface area contributed by atoms with Crippen molar-refractivity contribution in [3.8, 4) is 0 Å². The van der Waals surface area contributed by atoms with Crippen LogP contribution in [0, 0.1) is 0 Å². The summed E-state index contributed by atoms with van der Waals surface area (Å²) in [5.41, 5.74) is 5.27. The van der Waals surface area contributed by atoms with E-state index in [1.165, 1.54) is 17.1 Å². The molecule has 1 aromatic carbocycles. The normalized spacial score (nSPS) is 16.2. The molecule has 3 aromatic heterocycles. The summed E-state index contributed by atoms with van der Waals surface area (Å²) in [6.45, 7) is 4.30. The van der Waals surface area contributed by atoms with Gasteiger partial charge >= 0.3 is 12.2 Å². The first kappa shape index (κ1) is 22.3. The van der Waals surface area contributed by atoms with Gasteiger partial charge < -0.3 is 15.1 Å². The average molecular weight is 486 g/mol. The fraction of sp³-hybridized carbons (Fsp3) is 0.238. The molecule has 0 bridgehead atoms. The molecule has 1 unspecified atom stereocenters. The van der Waals surface area contributed by atoms with Crippen LogP contribution in [0.25, 0.3) is 22.1 Å². The quantitative estimate of drug-likeness (QED) is 0.419. The number of fused-ring (bicyclic) bond motifs is 2. The number of carbonyl (C=O) groups is 2. The molecule has 1 saturated heterocycles. The minimum absolute atomic E-state index is 0.0100. The van der Waals surface area contributed by atoms with Crippen molar-refractivity contribution in [2.24, 2.45) is 0 Å². The van der Waals surface area contributed by atoms with Crippen LogP contribution < -0.4 is 11.1 Å². The Balaban J connectivity index is 1.47. The maximum absolute atomic E-state index is 13.1. The third-order valence-corrected chi connectivity index (χ3v) is 5.66. The van der Waals surface area contributed by atoms with E-state index in [0.717, 1.165) is 18.2 Å². The number of carbonyl (C=O) groups excluding carboxylic acids is 2. The van der Waals surface area contributed by atoms with Gasteiger partial charge in [-0.3, -0.25) is 14.9 Å². The Labute approximate surface area is 194 Å². The van der Waals surface area contributed by atoms with E-state index >= 15 is 0 Å². The van der Waals surface area contributed by atoms with Gasteiger partial charge in [-0.2, -0.15) is 23.3 Å². The van der Waals surface area contributed by atoms with Crippen LogP contribution in [-0.4, -0.2) is 54.5 Å². The fourth-order valence-corrected chi connectivity index (χ4v) is 3.99. The van der Waals surface area contributed by atoms with Crippen LogP contribution in [0.5, 0.6) is 0 Å². The van der Waals surface area contributed by atoms with E-state index in [4.69, 9.17) is 10.2 Å². The van der Waals surface area contributed by atoms with Gasteiger partial charge in [-0.15, -0.1) is 0 Å². The molecule has 35 heavy (non-hydrogen) atoms. The topological polar surface area (TPSA) is 145 Å². The van der Waals surface area contributed by atoms with Crippen LogP contribution >= 0.6 is 0 Å². The number of nitrogens with two attached hydrogens (primary N) is 1. The van der Waals surface area contributed by atoms with Gasteiger partial charge in [0.15, 0.2) is 16.9 Å². The van der Waals surface area contributed by atoms with Gasteiger partial charge in [0.05, 0.1) is 17.0 Å². The minimum atomic E-state index is -4.55. The fourth-order valence-electron chi connectivity index (χ4n) is 3.99. The van der Waals surface area contributed by atoms with E-state index in [1.807, 2.05) is 0 Å². The van der Waals surface area contributed by atoms with E-state index < -0.39 is 17.6 Å². The Bertz CT molecular complexity index is 1490. The molecule has 11 nitrogen and oxygen atoms in total. The molecule has 2 amide bonds. The number of amides is 2. The third-order valence-electron chi connectivity index (χ3n) is 5.66. The molecule has 180 valence electrons. The van der Waals surface area contributed by atoms with E-state index in [2.05, 4.69) is 31.9 Å². The number of hydrogen-bond donors (Lipinski definition) is 2. The van der Waals surface area contributed by atoms with Crippen LogP contribution in [0.1, 0.15) is 28.5 Å². The van der Waals surface area contributed by atoms with Crippen LogP contribution in [0.3, 0.4) is 0 Å². The number of halogens is 3. The highest BCUT2D eigenvalue weighted by atomic mass is 19.4. The van der Waals surface area contributed by atoms with Crippen molar-refractivity contribution >= 4 is 45.8 Å². The summed E-state index contributed by atoms with van der Waals surface area (Å²) in [6.07, 6.45) is -1.53. The molecule has 5 rings (SSSR count). The monoisotopic (exact) mass is 486 g/mol. The Kier molecular flexibility index (Phi) is 5.15. The summed E-state index contributed by atoms with van der Waals surface area (Å²) in [6, 6.07) is 2.20. The van der Waals surface area contributed by atoms with E-state index in [0.29, 0.717) is 25.2 Å². The number of nitrogens with zero attached hydrogens (tertiary/aromatic N) is 6. The lowest BCUT2D eigenvalue weighted by Gasteiger charge is -2.14. The van der Waals surface area contributed by atoms with Gasteiger partial charge in [-0.25, -0.2) is 14.6 Å². The van der Waals surface area contributed by atoms with Gasteiger partial charge in [0, 0.05) is 13.1 Å². The second kappa shape index (κ2) is 8.07. The van der Waals surface area contributed by atoms with Crippen molar-refractivity contribution in [1.29, 1.82) is 0 Å². The first-order valence-electron chi connectivity index (χ1n) is 10.3. The SMILES string of the molecule is C=CC(=O)N1CCC(n2nc(C(=O)Nc3nc4cc(C(F)(F)F)ccc4o3)c3c(N)ncnc32)C1. The second-order valence-corrected chi connectivity index (χ2v) is 7.83. The first-order chi connectivity index (χ1) is 16.7. The third kappa shape index (κ3) is 3.92. The van der Waals surface area contributed by atoms with E-state index in [-0.39, 0.29) is 46.0 Å². The number of anilines is 2. The zero-order valence-corrected chi connectivity index (χ0v) is 17.9. The average Bonchev–Trinajstić information content (AvgIpc) is 3.53. The maximum atomic E-state index is 13.1. The second-order valence-electron chi connectivity index (χ2n) is 7.83. The van der Waals surface area contributed by atoms with Crippen LogP contribution in [0.2, 0.25) is 0 Å². The molecule has 1 atom stereocenters. The standard InChI is InChI=1S/C21H17F3N8O3/c1-2-14(33)31-6-5-11(8-31)32-18-15(17(25)26-9-27-18)16(30-32)19(34)29-20-28-12-7-10(21(22,23)24)3-4-13(12)35-20/h2-4,7,9,11H,1,5-6,8H2,(H2,25,26,27)(H,28,29,34). The molecule has 1 aliphatic rings. The summed E-state index contributed by atoms with van der Waals surface area (Å²) >= 11 is 0. The number of nitrogen functional groups attached to an aromatic ring is 1. The number of likely N-dealkylation sites (tertiary alicyclic amines) is 1. The number of oxazole rings is 1. The number of alkyl halides is 3. The predicted octanol–water partition coefficient (Wildman–Crippen LogP) is 2.78. The largest absolute Gasteiger partial charge is 0.423 e. The summed E-state index contributed by atoms with van der Waals surface area (Å²) < 4.78 is 45.8. The molecule has 1 fully saturated rings. The molecular formula is C21H17F3N8O3. The number of benzene rings is 1. The molecule has 0 spiro atoms. The van der Waals surface area contributed by atoms with Crippen molar-refractivity contribution in [2.45, 2.75) is 18.6 Å². The number of aromatic nitrogens is 5. The molecule has 14 heteroatoms. The smallest absolute Gasteiger partial charge is 0.416 e. The summed E-state index contributed by atoms with van der Waals surface area (Å²) in [7, 11) is 0. The van der Waals surface area contributed by atoms with Crippen LogP contribution in [-0.2, 0) is 11.0 Å². The molecule has 0 saturated carbocycles. The first-order valence-corrected chi connectivity index (χ1v) is 10.3. The minimum Gasteiger partial charge on any atom is -0.423 e. The molecular weight excluding hydrogens is 469 g/mol. The summed E-state index contributed by atoms with van der Waals surface area (Å²) in [4.78, 5) is 38.7. The highest BCUT2D eigenvalue weighted by molar-refractivity contribution is 6.12. The predicted molar refractivity (Wildman–Crippen MR) is 117 cm³/mol. The van der Waals surface area contributed by atoms with Gasteiger partial charge in [0.1, 0.15) is 17.7 Å². The van der Waals surface area contributed by atoms with E-state index in [9.17, 15) is 22.8 Å². The molecule has 0 radical (unpaired) electrons. The molecule has 3 N–H and O–H groups in total. The van der Waals surface area contributed by atoms with Gasteiger partial charge in [0.2, 0.25) is 5.91 Å². The van der Waals surface area contributed by atoms with Crippen LogP contribution in [0.4, 0.5) is 25.0 Å². The molecule has 4 aromatic rings. The lowest BCUT2D eigenvalue weighted by Crippen LogP contribution is -2.27. The van der Waals surface area contributed by atoms with Crippen molar-refractivity contribution in [3.05, 3.63) is 48.4 Å². The lowest BCUT2D eigenvalue weighted by atomic mass is 10.2. The van der Waals surface area contributed by atoms with Gasteiger partial charge in [-0.1, -0.05) is 6.58 Å². The van der Waals surface area contributed by atoms with Crippen LogP contribution in [0.15, 0.2) is 41.6 Å². The number of nitrogens with one attached hydrogen (secondary N) is 1. The Morgan fingerprint density at radius 2 is 2.09 bits per heavy atom. The van der Waals surface area contributed by atoms with Crippen molar-refractivity contribution < 1.29 is 27.2 Å². The molecule has 4 heterocycles. The van der Waals surface area contributed by atoms with Crippen molar-refractivity contribution in [1.82, 2.24) is 29.6 Å². The van der Waals surface area contributed by atoms with E-state index in [1.54, 1.807) is 4.90 Å². The number of hydrogen-bond acceptors (Lipinski definition) is 8. The molecule has 1 aliphatic heterocycles. The summed E-state index contributed by atoms with van der Waals surface area (Å²) in [5, 5.41) is 6.98. The highest BCUT2D eigenvalue weighted by Crippen LogP contribution is 2.33. The number of rotatable bonds is 4. The van der Waals surface area contributed by atoms with Crippen molar-refractivity contribution in [3.63, 3.8) is 0 Å². The Morgan fingerprint density at radius 3 is 2.83 bits per heavy atom. The Hall–Kier alpha value is -4.49. The van der Waals surface area contributed by atoms with Gasteiger partial charge in [-0.05, 0) is 30.7 Å². The zero-order chi connectivity index (χ0) is 24.9. The molecule has 0 aliphatic carbocycles. The summed E-state index contributed by atoms with van der Waals surface area (Å²) in [5.74, 6) is -0.980. The van der Waals surface area contributed by atoms with Crippen molar-refractivity contribution in [2.75, 3.05) is 24.1 Å². The highest BCUT2D eigenvalue weighted by Gasteiger charge is 2.32. The zero-order valence-electron chi connectivity index (χ0n) is 17.9. The Morgan fingerprint density at radius 1 is 1.29 bits per heavy atom. The van der Waals surface area contributed by atoms with Gasteiger partial charge in [0.25, 0.3) is 5.91 Å².